The molecule has 0 unspecified atom stereocenters. The molecular formula is C18H22N4O3S. The number of amides is 1. The second-order valence-electron chi connectivity index (χ2n) is 6.57. The molecule has 3 rings (SSSR count). The Bertz CT molecular complexity index is 865. The molecule has 7 nitrogen and oxygen atoms in total. The van der Waals surface area contributed by atoms with Crippen LogP contribution in [0.25, 0.3) is 0 Å². The Hall–Kier alpha value is -2.40. The van der Waals surface area contributed by atoms with Gasteiger partial charge >= 0.3 is 0 Å². The maximum atomic E-state index is 12.6. The van der Waals surface area contributed by atoms with Gasteiger partial charge in [-0.05, 0) is 31.4 Å². The van der Waals surface area contributed by atoms with Gasteiger partial charge in [0, 0.05) is 31.1 Å². The molecule has 138 valence electrons. The highest BCUT2D eigenvalue weighted by atomic mass is 32.2. The van der Waals surface area contributed by atoms with Gasteiger partial charge in [-0.1, -0.05) is 19.1 Å². The van der Waals surface area contributed by atoms with Crippen molar-refractivity contribution < 1.29 is 13.2 Å². The fourth-order valence-corrected chi connectivity index (χ4v) is 4.76. The first-order valence-electron chi connectivity index (χ1n) is 8.83. The zero-order chi connectivity index (χ0) is 18.7. The Labute approximate surface area is 154 Å². The Kier molecular flexibility index (Phi) is 5.28. The molecule has 0 spiro atoms. The minimum Gasteiger partial charge on any atom is -0.355 e. The molecular weight excluding hydrogens is 352 g/mol. The number of carbonyl (C=O) groups excluding carboxylic acids is 1. The Morgan fingerprint density at radius 1 is 1.35 bits per heavy atom. The molecule has 0 aliphatic carbocycles. The molecule has 1 aromatic carbocycles. The molecule has 1 amide bonds. The Morgan fingerprint density at radius 2 is 2.04 bits per heavy atom. The first-order valence-corrected chi connectivity index (χ1v) is 10.3. The summed E-state index contributed by atoms with van der Waals surface area (Å²) in [4.78, 5) is 16.4. The Morgan fingerprint density at radius 3 is 2.69 bits per heavy atom. The van der Waals surface area contributed by atoms with Gasteiger partial charge in [-0.2, -0.15) is 13.7 Å². The predicted octanol–water partition coefficient (Wildman–Crippen LogP) is 1.61. The summed E-state index contributed by atoms with van der Waals surface area (Å²) < 4.78 is 28.4. The van der Waals surface area contributed by atoms with E-state index < -0.39 is 10.0 Å². The van der Waals surface area contributed by atoms with Crippen molar-refractivity contribution in [3.8, 4) is 6.07 Å². The number of carbonyl (C=O) groups is 1. The average Bonchev–Trinajstić information content (AvgIpc) is 2.93. The maximum absolute atomic E-state index is 12.6. The van der Waals surface area contributed by atoms with Crippen LogP contribution in [0.3, 0.4) is 0 Å². The molecule has 0 aromatic heterocycles. The highest BCUT2D eigenvalue weighted by Gasteiger charge is 2.35. The number of fused-ring (bicyclic) bond motifs is 1. The van der Waals surface area contributed by atoms with Gasteiger partial charge < -0.3 is 9.80 Å². The van der Waals surface area contributed by atoms with Crippen LogP contribution >= 0.6 is 0 Å². The number of nitrogens with zero attached hydrogens (tertiary/aromatic N) is 4. The molecule has 1 fully saturated rings. The van der Waals surface area contributed by atoms with Crippen molar-refractivity contribution in [3.63, 3.8) is 0 Å². The molecule has 0 N–H and O–H groups in total. The van der Waals surface area contributed by atoms with Crippen molar-refractivity contribution in [2.45, 2.75) is 31.1 Å². The van der Waals surface area contributed by atoms with Crippen molar-refractivity contribution in [2.75, 3.05) is 26.2 Å². The third kappa shape index (κ3) is 3.44. The van der Waals surface area contributed by atoms with E-state index in [0.717, 1.165) is 6.42 Å². The quantitative estimate of drug-likeness (QED) is 0.747. The van der Waals surface area contributed by atoms with Gasteiger partial charge in [-0.25, -0.2) is 0 Å². The molecule has 0 radical (unpaired) electrons. The largest absolute Gasteiger partial charge is 0.355 e. The lowest BCUT2D eigenvalue weighted by Crippen LogP contribution is -2.44. The maximum Gasteiger partial charge on any atom is 0.285 e. The lowest BCUT2D eigenvalue weighted by Gasteiger charge is -2.34. The summed E-state index contributed by atoms with van der Waals surface area (Å²) in [5.41, 5.74) is 0.634. The predicted molar refractivity (Wildman–Crippen MR) is 96.9 cm³/mol. The van der Waals surface area contributed by atoms with Crippen molar-refractivity contribution in [2.24, 2.45) is 10.3 Å². The van der Waals surface area contributed by atoms with Gasteiger partial charge in [0.15, 0.2) is 5.84 Å². The van der Waals surface area contributed by atoms with E-state index in [1.54, 1.807) is 29.2 Å². The lowest BCUT2D eigenvalue weighted by molar-refractivity contribution is -0.136. The van der Waals surface area contributed by atoms with Crippen LogP contribution in [0.4, 0.5) is 0 Å². The summed E-state index contributed by atoms with van der Waals surface area (Å²) in [6.45, 7) is 3.84. The second kappa shape index (κ2) is 7.46. The first kappa shape index (κ1) is 18.4. The third-order valence-electron chi connectivity index (χ3n) is 4.82. The Balaban J connectivity index is 1.70. The minimum absolute atomic E-state index is 0.0226. The molecule has 8 heteroatoms. The number of benzene rings is 1. The fraction of sp³-hybridized carbons (Fsp3) is 0.500. The molecule has 1 saturated heterocycles. The molecule has 26 heavy (non-hydrogen) atoms. The number of sulfonamides is 1. The van der Waals surface area contributed by atoms with Gasteiger partial charge in [0.2, 0.25) is 5.91 Å². The van der Waals surface area contributed by atoms with Crippen molar-refractivity contribution >= 4 is 21.8 Å². The third-order valence-corrected chi connectivity index (χ3v) is 6.15. The number of rotatable bonds is 4. The van der Waals surface area contributed by atoms with Crippen LogP contribution in [0.1, 0.15) is 31.7 Å². The van der Waals surface area contributed by atoms with Crippen LogP contribution in [0.15, 0.2) is 33.6 Å². The molecule has 0 atom stereocenters. The topological polar surface area (TPSA) is 93.8 Å². The average molecular weight is 374 g/mol. The van der Waals surface area contributed by atoms with E-state index in [9.17, 15) is 13.2 Å². The number of hydrogen-bond donors (Lipinski definition) is 0. The van der Waals surface area contributed by atoms with Crippen LogP contribution in [-0.2, 0) is 14.8 Å². The smallest absolute Gasteiger partial charge is 0.285 e. The highest BCUT2D eigenvalue weighted by molar-refractivity contribution is 7.90. The van der Waals surface area contributed by atoms with Gasteiger partial charge in [-0.15, -0.1) is 4.40 Å². The molecule has 2 aliphatic heterocycles. The number of nitriles is 1. The number of piperidine rings is 1. The van der Waals surface area contributed by atoms with E-state index in [4.69, 9.17) is 5.26 Å². The van der Waals surface area contributed by atoms with Crippen LogP contribution in [0, 0.1) is 17.2 Å². The van der Waals surface area contributed by atoms with E-state index in [0.29, 0.717) is 43.9 Å². The molecule has 0 saturated carbocycles. The normalized spacial score (nSPS) is 18.8. The zero-order valence-electron chi connectivity index (χ0n) is 14.8. The van der Waals surface area contributed by atoms with Crippen LogP contribution in [-0.4, -0.2) is 56.1 Å². The SMILES string of the molecule is CCCN(CC#N)C(=O)C1CCN(C2=NS(=O)(=O)c3ccccc32)CC1. The standard InChI is InChI=1S/C18H22N4O3S/c1-2-10-22(13-9-19)18(23)14-7-11-21(12-8-14)17-15-5-3-4-6-16(15)26(24,25)20-17/h3-6,14H,2,7-8,10-13H2,1H3. The van der Waals surface area contributed by atoms with E-state index in [2.05, 4.69) is 10.5 Å². The molecule has 1 aromatic rings. The summed E-state index contributed by atoms with van der Waals surface area (Å²) >= 11 is 0. The van der Waals surface area contributed by atoms with E-state index >= 15 is 0 Å². The summed E-state index contributed by atoms with van der Waals surface area (Å²) in [5, 5.41) is 8.91. The molecule has 2 heterocycles. The van der Waals surface area contributed by atoms with Gasteiger partial charge in [0.25, 0.3) is 10.0 Å². The van der Waals surface area contributed by atoms with Crippen molar-refractivity contribution in [1.82, 2.24) is 9.80 Å². The minimum atomic E-state index is -3.63. The second-order valence-corrected chi connectivity index (χ2v) is 8.14. The summed E-state index contributed by atoms with van der Waals surface area (Å²) in [7, 11) is -3.63. The van der Waals surface area contributed by atoms with Crippen LogP contribution in [0.2, 0.25) is 0 Å². The fourth-order valence-electron chi connectivity index (χ4n) is 3.54. The van der Waals surface area contributed by atoms with E-state index in [1.807, 2.05) is 11.8 Å². The monoisotopic (exact) mass is 374 g/mol. The summed E-state index contributed by atoms with van der Waals surface area (Å²) in [6, 6.07) is 8.89. The van der Waals surface area contributed by atoms with Crippen LogP contribution < -0.4 is 0 Å². The van der Waals surface area contributed by atoms with Crippen molar-refractivity contribution in [1.29, 1.82) is 5.26 Å². The number of likely N-dealkylation sites (tertiary alicyclic amines) is 1. The van der Waals surface area contributed by atoms with E-state index in [-0.39, 0.29) is 23.3 Å². The summed E-state index contributed by atoms with van der Waals surface area (Å²) in [6.07, 6.45) is 2.08. The number of amidine groups is 1. The van der Waals surface area contributed by atoms with Crippen LogP contribution in [0.5, 0.6) is 0 Å². The number of hydrogen-bond acceptors (Lipinski definition) is 5. The van der Waals surface area contributed by atoms with Crippen molar-refractivity contribution in [3.05, 3.63) is 29.8 Å². The molecule has 2 aliphatic rings. The summed E-state index contributed by atoms with van der Waals surface area (Å²) in [5.74, 6) is 0.378. The highest BCUT2D eigenvalue weighted by Crippen LogP contribution is 2.30. The lowest BCUT2D eigenvalue weighted by atomic mass is 9.94. The van der Waals surface area contributed by atoms with Gasteiger partial charge in [0.1, 0.15) is 11.4 Å². The van der Waals surface area contributed by atoms with Gasteiger partial charge in [0.05, 0.1) is 6.07 Å². The first-order chi connectivity index (χ1) is 12.5. The van der Waals surface area contributed by atoms with E-state index in [1.165, 1.54) is 0 Å². The zero-order valence-corrected chi connectivity index (χ0v) is 15.6. The molecule has 0 bridgehead atoms. The van der Waals surface area contributed by atoms with Gasteiger partial charge in [-0.3, -0.25) is 4.79 Å².